The number of H-pyrrole nitrogens is 1. The normalized spacial score (nSPS) is 12.0. The van der Waals surface area contributed by atoms with Crippen LogP contribution >= 0.6 is 11.6 Å². The number of hydrogen-bond donors (Lipinski definition) is 2. The zero-order chi connectivity index (χ0) is 15.6. The predicted molar refractivity (Wildman–Crippen MR) is 89.1 cm³/mol. The van der Waals surface area contributed by atoms with Crippen molar-refractivity contribution in [1.82, 2.24) is 10.2 Å². The summed E-state index contributed by atoms with van der Waals surface area (Å²) in [5.74, 6) is 0. The first-order chi connectivity index (χ1) is 10.5. The van der Waals surface area contributed by atoms with Crippen molar-refractivity contribution in [2.75, 3.05) is 4.72 Å². The Kier molecular flexibility index (Phi) is 3.87. The lowest BCUT2D eigenvalue weighted by Crippen LogP contribution is -2.08. The summed E-state index contributed by atoms with van der Waals surface area (Å²) in [5.41, 5.74) is 1.99. The predicted octanol–water partition coefficient (Wildman–Crippen LogP) is 3.63. The van der Waals surface area contributed by atoms with Crippen molar-refractivity contribution < 1.29 is 8.42 Å². The Bertz CT molecular complexity index is 931. The second kappa shape index (κ2) is 5.82. The number of sulfonamides is 1. The van der Waals surface area contributed by atoms with E-state index in [1.165, 1.54) is 6.08 Å². The van der Waals surface area contributed by atoms with Gasteiger partial charge >= 0.3 is 0 Å². The summed E-state index contributed by atoms with van der Waals surface area (Å²) in [4.78, 5) is 0. The number of nitrogens with one attached hydrogen (secondary N) is 2. The smallest absolute Gasteiger partial charge is 0.255 e. The van der Waals surface area contributed by atoms with Gasteiger partial charge in [-0.05, 0) is 35.9 Å². The zero-order valence-electron chi connectivity index (χ0n) is 11.3. The van der Waals surface area contributed by atoms with Gasteiger partial charge in [-0.25, -0.2) is 8.42 Å². The van der Waals surface area contributed by atoms with Crippen LogP contribution in [-0.2, 0) is 10.0 Å². The van der Waals surface area contributed by atoms with Crippen LogP contribution in [0.25, 0.3) is 17.0 Å². The molecule has 0 radical (unpaired) electrons. The third-order valence-corrected chi connectivity index (χ3v) is 4.30. The second-order valence-electron chi connectivity index (χ2n) is 4.64. The maximum atomic E-state index is 12.2. The number of hydrogen-bond acceptors (Lipinski definition) is 3. The molecule has 5 nitrogen and oxygen atoms in total. The molecule has 7 heteroatoms. The Balaban J connectivity index is 1.84. The van der Waals surface area contributed by atoms with Gasteiger partial charge in [0, 0.05) is 10.4 Å². The number of benzene rings is 2. The molecule has 0 atom stereocenters. The van der Waals surface area contributed by atoms with Crippen LogP contribution in [0.15, 0.2) is 54.1 Å². The Morgan fingerprint density at radius 1 is 1.14 bits per heavy atom. The van der Waals surface area contributed by atoms with Crippen molar-refractivity contribution in [2.45, 2.75) is 0 Å². The molecule has 0 saturated carbocycles. The summed E-state index contributed by atoms with van der Waals surface area (Å²) in [6.45, 7) is 0. The number of halogens is 1. The van der Waals surface area contributed by atoms with Crippen LogP contribution in [-0.4, -0.2) is 18.6 Å². The fraction of sp³-hybridized carbons (Fsp3) is 0. The van der Waals surface area contributed by atoms with Crippen LogP contribution in [0.4, 0.5) is 5.69 Å². The van der Waals surface area contributed by atoms with E-state index in [1.54, 1.807) is 42.6 Å². The fourth-order valence-electron chi connectivity index (χ4n) is 1.99. The average molecular weight is 334 g/mol. The highest BCUT2D eigenvalue weighted by molar-refractivity contribution is 7.95. The van der Waals surface area contributed by atoms with Gasteiger partial charge in [-0.1, -0.05) is 29.8 Å². The van der Waals surface area contributed by atoms with Gasteiger partial charge in [0.05, 0.1) is 22.8 Å². The Labute approximate surface area is 132 Å². The maximum absolute atomic E-state index is 12.2. The quantitative estimate of drug-likeness (QED) is 0.765. The molecular formula is C15H12ClN3O2S. The van der Waals surface area contributed by atoms with E-state index in [4.69, 9.17) is 11.6 Å². The molecule has 0 amide bonds. The first-order valence-corrected chi connectivity index (χ1v) is 8.34. The molecule has 3 rings (SSSR count). The molecule has 0 aliphatic carbocycles. The first kappa shape index (κ1) is 14.6. The summed E-state index contributed by atoms with van der Waals surface area (Å²) >= 11 is 5.79. The SMILES string of the molecule is O=S(=O)(/C=C/c1ccc(Cl)cc1)Nc1cccc2[nH]ncc12. The molecule has 1 aromatic heterocycles. The molecule has 2 aromatic carbocycles. The van der Waals surface area contributed by atoms with Crippen LogP contribution in [0, 0.1) is 0 Å². The number of aromatic nitrogens is 2. The van der Waals surface area contributed by atoms with Crippen LogP contribution in [0.5, 0.6) is 0 Å². The molecule has 0 aliphatic heterocycles. The van der Waals surface area contributed by atoms with Crippen molar-refractivity contribution in [3.05, 3.63) is 64.7 Å². The largest absolute Gasteiger partial charge is 0.279 e. The summed E-state index contributed by atoms with van der Waals surface area (Å²) in [6, 6.07) is 12.1. The highest BCUT2D eigenvalue weighted by Crippen LogP contribution is 2.22. The van der Waals surface area contributed by atoms with Gasteiger partial charge in [0.15, 0.2) is 0 Å². The molecule has 0 bridgehead atoms. The van der Waals surface area contributed by atoms with E-state index in [-0.39, 0.29) is 0 Å². The standard InChI is InChI=1S/C15H12ClN3O2S/c16-12-6-4-11(5-7-12)8-9-22(20,21)19-15-3-1-2-14-13(15)10-17-18-14/h1-10,19H,(H,17,18)/b9-8+. The molecule has 0 spiro atoms. The van der Waals surface area contributed by atoms with Crippen LogP contribution in [0.1, 0.15) is 5.56 Å². The summed E-state index contributed by atoms with van der Waals surface area (Å²) < 4.78 is 26.8. The van der Waals surface area contributed by atoms with E-state index >= 15 is 0 Å². The molecule has 22 heavy (non-hydrogen) atoms. The highest BCUT2D eigenvalue weighted by Gasteiger charge is 2.09. The lowest BCUT2D eigenvalue weighted by atomic mass is 10.2. The average Bonchev–Trinajstić information content (AvgIpc) is 2.96. The van der Waals surface area contributed by atoms with E-state index in [9.17, 15) is 8.42 Å². The zero-order valence-corrected chi connectivity index (χ0v) is 12.9. The minimum absolute atomic E-state index is 0.479. The number of aromatic amines is 1. The van der Waals surface area contributed by atoms with E-state index in [2.05, 4.69) is 14.9 Å². The van der Waals surface area contributed by atoms with Gasteiger partial charge in [0.2, 0.25) is 0 Å². The van der Waals surface area contributed by atoms with Gasteiger partial charge in [-0.3, -0.25) is 9.82 Å². The van der Waals surface area contributed by atoms with Crippen LogP contribution in [0.2, 0.25) is 5.02 Å². The summed E-state index contributed by atoms with van der Waals surface area (Å²) in [7, 11) is -3.62. The van der Waals surface area contributed by atoms with Gasteiger partial charge in [0.1, 0.15) is 0 Å². The van der Waals surface area contributed by atoms with Crippen molar-refractivity contribution in [2.24, 2.45) is 0 Å². The maximum Gasteiger partial charge on any atom is 0.255 e. The molecule has 0 fully saturated rings. The van der Waals surface area contributed by atoms with E-state index in [0.29, 0.717) is 16.1 Å². The van der Waals surface area contributed by atoms with Crippen molar-refractivity contribution in [3.63, 3.8) is 0 Å². The monoisotopic (exact) mass is 333 g/mol. The molecule has 1 heterocycles. The number of anilines is 1. The van der Waals surface area contributed by atoms with Crippen LogP contribution < -0.4 is 4.72 Å². The summed E-state index contributed by atoms with van der Waals surface area (Å²) in [5, 5.41) is 9.13. The van der Waals surface area contributed by atoms with E-state index in [1.807, 2.05) is 6.07 Å². The molecule has 112 valence electrons. The third kappa shape index (κ3) is 3.29. The molecule has 0 saturated heterocycles. The van der Waals surface area contributed by atoms with E-state index < -0.39 is 10.0 Å². The van der Waals surface area contributed by atoms with Gasteiger partial charge in [-0.15, -0.1) is 0 Å². The second-order valence-corrected chi connectivity index (χ2v) is 6.64. The molecule has 2 N–H and O–H groups in total. The minimum Gasteiger partial charge on any atom is -0.279 e. The first-order valence-electron chi connectivity index (χ1n) is 6.42. The molecular weight excluding hydrogens is 322 g/mol. The van der Waals surface area contributed by atoms with Gasteiger partial charge < -0.3 is 0 Å². The lowest BCUT2D eigenvalue weighted by molar-refractivity contribution is 0.609. The van der Waals surface area contributed by atoms with Crippen LogP contribution in [0.3, 0.4) is 0 Å². The van der Waals surface area contributed by atoms with Gasteiger partial charge in [0.25, 0.3) is 10.0 Å². The van der Waals surface area contributed by atoms with Crippen molar-refractivity contribution in [1.29, 1.82) is 0 Å². The minimum atomic E-state index is -3.62. The van der Waals surface area contributed by atoms with Crippen molar-refractivity contribution in [3.8, 4) is 0 Å². The molecule has 0 aliphatic rings. The number of fused-ring (bicyclic) bond motifs is 1. The Morgan fingerprint density at radius 3 is 2.68 bits per heavy atom. The highest BCUT2D eigenvalue weighted by atomic mass is 35.5. The third-order valence-electron chi connectivity index (χ3n) is 3.05. The van der Waals surface area contributed by atoms with Crippen molar-refractivity contribution >= 4 is 44.3 Å². The lowest BCUT2D eigenvalue weighted by Gasteiger charge is -2.05. The summed E-state index contributed by atoms with van der Waals surface area (Å²) in [6.07, 6.45) is 3.09. The molecule has 3 aromatic rings. The molecule has 0 unspecified atom stereocenters. The Hall–Kier alpha value is -2.31. The van der Waals surface area contributed by atoms with Gasteiger partial charge in [-0.2, -0.15) is 5.10 Å². The number of rotatable bonds is 4. The number of nitrogens with zero attached hydrogens (tertiary/aromatic N) is 1. The van der Waals surface area contributed by atoms with E-state index in [0.717, 1.165) is 16.5 Å². The Morgan fingerprint density at radius 2 is 1.91 bits per heavy atom. The fourth-order valence-corrected chi connectivity index (χ4v) is 3.00. The topological polar surface area (TPSA) is 74.8 Å².